The number of aryl methyl sites for hydroxylation is 1. The number of nitrogens with one attached hydrogen (secondary N) is 2. The van der Waals surface area contributed by atoms with E-state index in [1.165, 1.54) is 6.92 Å². The number of benzene rings is 2. The van der Waals surface area contributed by atoms with Crippen LogP contribution in [0.5, 0.6) is 0 Å². The second-order valence-electron chi connectivity index (χ2n) is 7.42. The first kappa shape index (κ1) is 22.0. The Bertz CT molecular complexity index is 987. The average Bonchev–Trinajstić information content (AvgIpc) is 3.18. The predicted octanol–water partition coefficient (Wildman–Crippen LogP) is 2.42. The summed E-state index contributed by atoms with van der Waals surface area (Å²) in [4.78, 5) is 49.9. The molecule has 0 saturated carbocycles. The third-order valence-electron chi connectivity index (χ3n) is 4.86. The summed E-state index contributed by atoms with van der Waals surface area (Å²) in [5, 5.41) is 5.19. The number of carbonyl (C=O) groups is 4. The molecule has 8 nitrogen and oxygen atoms in total. The highest BCUT2D eigenvalue weighted by atomic mass is 16.5. The molecule has 0 radical (unpaired) electrons. The molecule has 2 aromatic rings. The molecule has 3 rings (SSSR count). The molecular weight excluding hydrogens is 398 g/mol. The van der Waals surface area contributed by atoms with E-state index in [2.05, 4.69) is 10.6 Å². The molecular formula is C23H25N3O5. The fourth-order valence-corrected chi connectivity index (χ4v) is 3.23. The summed E-state index contributed by atoms with van der Waals surface area (Å²) in [5.41, 5.74) is 2.68. The Hall–Kier alpha value is -3.68. The average molecular weight is 423 g/mol. The SMILES string of the molecule is Cc1cccc(C(=O)N[C@@H](C)C(=O)OCC(=O)Nc2ccc(N3CCCC3=O)cc2)c1. The van der Waals surface area contributed by atoms with Crippen LogP contribution in [0.2, 0.25) is 0 Å². The van der Waals surface area contributed by atoms with Crippen LogP contribution in [0.4, 0.5) is 11.4 Å². The summed E-state index contributed by atoms with van der Waals surface area (Å²) in [7, 11) is 0. The Morgan fingerprint density at radius 3 is 2.52 bits per heavy atom. The monoisotopic (exact) mass is 423 g/mol. The van der Waals surface area contributed by atoms with Gasteiger partial charge in [-0.1, -0.05) is 17.7 Å². The first-order chi connectivity index (χ1) is 14.8. The second kappa shape index (κ2) is 9.88. The fraction of sp³-hybridized carbons (Fsp3) is 0.304. The van der Waals surface area contributed by atoms with Gasteiger partial charge in [-0.15, -0.1) is 0 Å². The molecule has 8 heteroatoms. The third-order valence-corrected chi connectivity index (χ3v) is 4.86. The van der Waals surface area contributed by atoms with Crippen molar-refractivity contribution in [3.05, 3.63) is 59.7 Å². The van der Waals surface area contributed by atoms with Crippen molar-refractivity contribution in [1.29, 1.82) is 0 Å². The van der Waals surface area contributed by atoms with Crippen molar-refractivity contribution in [2.75, 3.05) is 23.4 Å². The molecule has 2 N–H and O–H groups in total. The summed E-state index contributed by atoms with van der Waals surface area (Å²) in [5.74, 6) is -1.52. The number of anilines is 2. The van der Waals surface area contributed by atoms with Gasteiger partial charge >= 0.3 is 5.97 Å². The molecule has 3 amide bonds. The van der Waals surface area contributed by atoms with Crippen LogP contribution in [0.15, 0.2) is 48.5 Å². The Balaban J connectivity index is 1.44. The number of rotatable bonds is 7. The molecule has 1 fully saturated rings. The third kappa shape index (κ3) is 5.91. The van der Waals surface area contributed by atoms with Crippen molar-refractivity contribution in [2.24, 2.45) is 0 Å². The van der Waals surface area contributed by atoms with Gasteiger partial charge < -0.3 is 20.3 Å². The highest BCUT2D eigenvalue weighted by Crippen LogP contribution is 2.23. The van der Waals surface area contributed by atoms with Gasteiger partial charge in [-0.3, -0.25) is 14.4 Å². The highest BCUT2D eigenvalue weighted by Gasteiger charge is 2.22. The van der Waals surface area contributed by atoms with E-state index in [1.54, 1.807) is 47.4 Å². The second-order valence-corrected chi connectivity index (χ2v) is 7.42. The normalized spacial score (nSPS) is 14.1. The Morgan fingerprint density at radius 2 is 1.87 bits per heavy atom. The Labute approximate surface area is 180 Å². The van der Waals surface area contributed by atoms with E-state index >= 15 is 0 Å². The van der Waals surface area contributed by atoms with E-state index in [4.69, 9.17) is 4.74 Å². The molecule has 0 bridgehead atoms. The van der Waals surface area contributed by atoms with E-state index in [9.17, 15) is 19.2 Å². The van der Waals surface area contributed by atoms with Crippen LogP contribution in [-0.2, 0) is 19.1 Å². The molecule has 0 aromatic heterocycles. The quantitative estimate of drug-likeness (QED) is 0.666. The number of ether oxygens (including phenoxy) is 1. The number of amides is 3. The highest BCUT2D eigenvalue weighted by molar-refractivity contribution is 5.98. The van der Waals surface area contributed by atoms with Crippen molar-refractivity contribution in [3.8, 4) is 0 Å². The van der Waals surface area contributed by atoms with Gasteiger partial charge in [-0.25, -0.2) is 4.79 Å². The summed E-state index contributed by atoms with van der Waals surface area (Å²) in [6.45, 7) is 3.58. The zero-order chi connectivity index (χ0) is 22.4. The van der Waals surface area contributed by atoms with E-state index in [1.807, 2.05) is 13.0 Å². The van der Waals surface area contributed by atoms with Gasteiger partial charge in [0.05, 0.1) is 0 Å². The molecule has 31 heavy (non-hydrogen) atoms. The van der Waals surface area contributed by atoms with Crippen LogP contribution >= 0.6 is 0 Å². The molecule has 1 aliphatic heterocycles. The topological polar surface area (TPSA) is 105 Å². The number of hydrogen-bond donors (Lipinski definition) is 2. The molecule has 2 aromatic carbocycles. The fourth-order valence-electron chi connectivity index (χ4n) is 3.23. The molecule has 1 saturated heterocycles. The van der Waals surface area contributed by atoms with E-state index in [0.717, 1.165) is 17.7 Å². The van der Waals surface area contributed by atoms with Gasteiger partial charge in [0, 0.05) is 29.9 Å². The van der Waals surface area contributed by atoms with E-state index in [-0.39, 0.29) is 5.91 Å². The maximum absolute atomic E-state index is 12.2. The first-order valence-electron chi connectivity index (χ1n) is 10.1. The van der Waals surface area contributed by atoms with Crippen LogP contribution in [0.25, 0.3) is 0 Å². The summed E-state index contributed by atoms with van der Waals surface area (Å²) in [6.07, 6.45) is 1.39. The lowest BCUT2D eigenvalue weighted by molar-refractivity contribution is -0.148. The van der Waals surface area contributed by atoms with Gasteiger partial charge in [0.15, 0.2) is 6.61 Å². The van der Waals surface area contributed by atoms with Crippen molar-refractivity contribution in [1.82, 2.24) is 5.32 Å². The van der Waals surface area contributed by atoms with Crippen molar-refractivity contribution in [3.63, 3.8) is 0 Å². The lowest BCUT2D eigenvalue weighted by atomic mass is 10.1. The van der Waals surface area contributed by atoms with Crippen molar-refractivity contribution < 1.29 is 23.9 Å². The standard InChI is InChI=1S/C23H25N3O5/c1-15-5-3-6-17(13-15)22(29)24-16(2)23(30)31-14-20(27)25-18-8-10-19(11-9-18)26-12-4-7-21(26)28/h3,5-6,8-11,13,16H,4,7,12,14H2,1-2H3,(H,24,29)(H,25,27)/t16-/m0/s1. The maximum atomic E-state index is 12.2. The molecule has 162 valence electrons. The molecule has 1 heterocycles. The van der Waals surface area contributed by atoms with Gasteiger partial charge in [0.25, 0.3) is 11.8 Å². The van der Waals surface area contributed by atoms with Crippen LogP contribution in [0.1, 0.15) is 35.7 Å². The maximum Gasteiger partial charge on any atom is 0.328 e. The smallest absolute Gasteiger partial charge is 0.328 e. The minimum atomic E-state index is -0.905. The number of hydrogen-bond acceptors (Lipinski definition) is 5. The summed E-state index contributed by atoms with van der Waals surface area (Å²) in [6, 6.07) is 13.0. The van der Waals surface area contributed by atoms with Crippen molar-refractivity contribution in [2.45, 2.75) is 32.7 Å². The first-order valence-corrected chi connectivity index (χ1v) is 10.1. The predicted molar refractivity (Wildman–Crippen MR) is 116 cm³/mol. The minimum Gasteiger partial charge on any atom is -0.454 e. The van der Waals surface area contributed by atoms with Crippen LogP contribution in [-0.4, -0.2) is 42.9 Å². The summed E-state index contributed by atoms with van der Waals surface area (Å²) < 4.78 is 5.00. The molecule has 0 unspecified atom stereocenters. The van der Waals surface area contributed by atoms with Gasteiger partial charge in [0.2, 0.25) is 5.91 Å². The molecule has 0 spiro atoms. The van der Waals surface area contributed by atoms with E-state index in [0.29, 0.717) is 24.2 Å². The molecule has 1 atom stereocenters. The van der Waals surface area contributed by atoms with Gasteiger partial charge in [0.1, 0.15) is 6.04 Å². The number of nitrogens with zero attached hydrogens (tertiary/aromatic N) is 1. The van der Waals surface area contributed by atoms with Crippen LogP contribution < -0.4 is 15.5 Å². The number of carbonyl (C=O) groups excluding carboxylic acids is 4. The lowest BCUT2D eigenvalue weighted by Gasteiger charge is -2.16. The largest absolute Gasteiger partial charge is 0.454 e. The minimum absolute atomic E-state index is 0.0901. The lowest BCUT2D eigenvalue weighted by Crippen LogP contribution is -2.40. The Morgan fingerprint density at radius 1 is 1.13 bits per heavy atom. The van der Waals surface area contributed by atoms with Crippen LogP contribution in [0, 0.1) is 6.92 Å². The Kier molecular flexibility index (Phi) is 7.02. The zero-order valence-electron chi connectivity index (χ0n) is 17.5. The molecule has 1 aliphatic rings. The zero-order valence-corrected chi connectivity index (χ0v) is 17.5. The number of esters is 1. The van der Waals surface area contributed by atoms with Gasteiger partial charge in [-0.2, -0.15) is 0 Å². The van der Waals surface area contributed by atoms with Crippen LogP contribution in [0.3, 0.4) is 0 Å². The summed E-state index contributed by atoms with van der Waals surface area (Å²) >= 11 is 0. The van der Waals surface area contributed by atoms with Crippen molar-refractivity contribution >= 4 is 35.1 Å². The molecule has 0 aliphatic carbocycles. The van der Waals surface area contributed by atoms with Gasteiger partial charge in [-0.05, 0) is 56.7 Å². The van der Waals surface area contributed by atoms with E-state index < -0.39 is 30.4 Å².